The molecule has 0 bridgehead atoms. The number of nitrogens with zero attached hydrogens (tertiary/aromatic N) is 2. The summed E-state index contributed by atoms with van der Waals surface area (Å²) in [6.45, 7) is 10.4. The van der Waals surface area contributed by atoms with Crippen molar-refractivity contribution in [2.45, 2.75) is 39.3 Å². The van der Waals surface area contributed by atoms with Crippen molar-refractivity contribution in [2.75, 3.05) is 32.8 Å². The first-order valence-corrected chi connectivity index (χ1v) is 8.14. The molecular weight excluding hydrogens is 258 g/mol. The van der Waals surface area contributed by atoms with Gasteiger partial charge in [0.2, 0.25) is 0 Å². The molecule has 1 aliphatic heterocycles. The molecule has 0 saturated carbocycles. The smallest absolute Gasteiger partial charge is 0.123 e. The summed E-state index contributed by atoms with van der Waals surface area (Å²) in [5, 5.41) is 4.55. The molecule has 0 aliphatic carbocycles. The van der Waals surface area contributed by atoms with Crippen LogP contribution >= 0.6 is 11.3 Å². The summed E-state index contributed by atoms with van der Waals surface area (Å²) in [4.78, 5) is 8.32. The second-order valence-corrected chi connectivity index (χ2v) is 6.15. The minimum Gasteiger partial charge on any atom is -0.368 e. The Labute approximate surface area is 120 Å². The molecule has 1 aliphatic rings. The van der Waals surface area contributed by atoms with Gasteiger partial charge in [-0.15, -0.1) is 11.3 Å². The number of hydrogen-bond donors (Lipinski definition) is 1. The van der Waals surface area contributed by atoms with E-state index in [1.165, 1.54) is 17.7 Å². The van der Waals surface area contributed by atoms with E-state index in [0.717, 1.165) is 44.3 Å². The first-order valence-electron chi connectivity index (χ1n) is 7.32. The van der Waals surface area contributed by atoms with Gasteiger partial charge in [0.25, 0.3) is 0 Å². The maximum absolute atomic E-state index is 5.87. The fourth-order valence-electron chi connectivity index (χ4n) is 2.31. The maximum atomic E-state index is 5.87. The second kappa shape index (κ2) is 7.94. The predicted octanol–water partition coefficient (Wildman–Crippen LogP) is 2.43. The predicted molar refractivity (Wildman–Crippen MR) is 79.5 cm³/mol. The molecular formula is C14H25N3OS. The number of hydrogen-bond acceptors (Lipinski definition) is 5. The van der Waals surface area contributed by atoms with Gasteiger partial charge in [0.15, 0.2) is 0 Å². The van der Waals surface area contributed by atoms with Crippen molar-refractivity contribution in [3.8, 4) is 0 Å². The summed E-state index contributed by atoms with van der Waals surface area (Å²) in [5.41, 5.74) is 0. The average molecular weight is 283 g/mol. The molecule has 1 N–H and O–H groups in total. The van der Waals surface area contributed by atoms with Crippen LogP contribution in [0.3, 0.4) is 0 Å². The van der Waals surface area contributed by atoms with Crippen LogP contribution in [0.1, 0.15) is 42.7 Å². The average Bonchev–Trinajstić information content (AvgIpc) is 2.89. The number of ether oxygens (including phenoxy) is 1. The minimum atomic E-state index is 0.172. The third-order valence-corrected chi connectivity index (χ3v) is 4.35. The van der Waals surface area contributed by atoms with Gasteiger partial charge in [0.1, 0.15) is 11.1 Å². The Morgan fingerprint density at radius 1 is 1.47 bits per heavy atom. The molecule has 5 heteroatoms. The Bertz CT molecular complexity index is 367. The number of nitrogens with one attached hydrogen (secondary N) is 1. The molecule has 0 aromatic carbocycles. The third kappa shape index (κ3) is 4.53. The Morgan fingerprint density at radius 3 is 3.16 bits per heavy atom. The van der Waals surface area contributed by atoms with E-state index in [1.54, 1.807) is 11.3 Å². The highest BCUT2D eigenvalue weighted by atomic mass is 32.1. The Balaban J connectivity index is 1.86. The van der Waals surface area contributed by atoms with Crippen molar-refractivity contribution in [3.05, 3.63) is 16.1 Å². The normalized spacial score (nSPS) is 20.8. The molecule has 4 nitrogen and oxygen atoms in total. The Hall–Kier alpha value is -0.490. The molecule has 0 amide bonds. The topological polar surface area (TPSA) is 37.4 Å². The first-order chi connectivity index (χ1) is 9.33. The van der Waals surface area contributed by atoms with Crippen LogP contribution in [0, 0.1) is 0 Å². The van der Waals surface area contributed by atoms with Gasteiger partial charge in [-0.1, -0.05) is 13.8 Å². The van der Waals surface area contributed by atoms with E-state index in [2.05, 4.69) is 29.0 Å². The van der Waals surface area contributed by atoms with Crippen molar-refractivity contribution in [1.29, 1.82) is 0 Å². The zero-order chi connectivity index (χ0) is 13.5. The van der Waals surface area contributed by atoms with E-state index in [1.807, 2.05) is 6.20 Å². The van der Waals surface area contributed by atoms with Crippen LogP contribution in [0.2, 0.25) is 0 Å². The van der Waals surface area contributed by atoms with Crippen LogP contribution < -0.4 is 5.32 Å². The molecule has 1 aromatic heterocycles. The highest BCUT2D eigenvalue weighted by molar-refractivity contribution is 7.11. The molecule has 0 spiro atoms. The monoisotopic (exact) mass is 283 g/mol. The lowest BCUT2D eigenvalue weighted by Crippen LogP contribution is -2.38. The van der Waals surface area contributed by atoms with E-state index < -0.39 is 0 Å². The molecule has 1 fully saturated rings. The lowest BCUT2D eigenvalue weighted by molar-refractivity contribution is -0.0299. The number of morpholine rings is 1. The molecule has 2 rings (SSSR count). The number of thiazole rings is 1. The number of rotatable bonds is 7. The van der Waals surface area contributed by atoms with Gasteiger partial charge >= 0.3 is 0 Å². The Kier molecular flexibility index (Phi) is 6.23. The quantitative estimate of drug-likeness (QED) is 0.780. The summed E-state index contributed by atoms with van der Waals surface area (Å²) >= 11 is 1.78. The van der Waals surface area contributed by atoms with Gasteiger partial charge in [-0.3, -0.25) is 4.90 Å². The van der Waals surface area contributed by atoms with Crippen molar-refractivity contribution >= 4 is 11.3 Å². The summed E-state index contributed by atoms with van der Waals surface area (Å²) in [7, 11) is 0. The largest absolute Gasteiger partial charge is 0.368 e. The molecule has 19 heavy (non-hydrogen) atoms. The van der Waals surface area contributed by atoms with Gasteiger partial charge in [0, 0.05) is 30.7 Å². The molecule has 1 atom stereocenters. The van der Waals surface area contributed by atoms with Crippen LogP contribution in [0.4, 0.5) is 0 Å². The van der Waals surface area contributed by atoms with Crippen LogP contribution in [0.5, 0.6) is 0 Å². The van der Waals surface area contributed by atoms with Gasteiger partial charge < -0.3 is 10.1 Å². The minimum absolute atomic E-state index is 0.172. The standard InChI is InChI=1S/C14H25N3OS/c1-3-5-15-9-12-10-16-14(19-12)13-11-17(6-4-2)7-8-18-13/h10,13,15H,3-9,11H2,1-2H3. The molecule has 1 aromatic rings. The van der Waals surface area contributed by atoms with Crippen molar-refractivity contribution in [2.24, 2.45) is 0 Å². The lowest BCUT2D eigenvalue weighted by atomic mass is 10.2. The van der Waals surface area contributed by atoms with Gasteiger partial charge in [-0.25, -0.2) is 4.98 Å². The van der Waals surface area contributed by atoms with Gasteiger partial charge in [0.05, 0.1) is 6.61 Å². The summed E-state index contributed by atoms with van der Waals surface area (Å²) < 4.78 is 5.87. The molecule has 2 heterocycles. The van der Waals surface area contributed by atoms with E-state index in [9.17, 15) is 0 Å². The summed E-state index contributed by atoms with van der Waals surface area (Å²) in [6, 6.07) is 0. The van der Waals surface area contributed by atoms with Crippen molar-refractivity contribution in [1.82, 2.24) is 15.2 Å². The second-order valence-electron chi connectivity index (χ2n) is 5.00. The number of aromatic nitrogens is 1. The zero-order valence-corrected chi connectivity index (χ0v) is 12.8. The highest BCUT2D eigenvalue weighted by Gasteiger charge is 2.23. The van der Waals surface area contributed by atoms with E-state index in [-0.39, 0.29) is 6.10 Å². The van der Waals surface area contributed by atoms with E-state index in [4.69, 9.17) is 4.74 Å². The van der Waals surface area contributed by atoms with Crippen LogP contribution in [0.25, 0.3) is 0 Å². The Morgan fingerprint density at radius 2 is 2.37 bits per heavy atom. The zero-order valence-electron chi connectivity index (χ0n) is 12.0. The van der Waals surface area contributed by atoms with E-state index >= 15 is 0 Å². The molecule has 0 radical (unpaired) electrons. The van der Waals surface area contributed by atoms with Crippen LogP contribution in [-0.4, -0.2) is 42.7 Å². The molecule has 1 saturated heterocycles. The maximum Gasteiger partial charge on any atom is 0.123 e. The van der Waals surface area contributed by atoms with Gasteiger partial charge in [-0.2, -0.15) is 0 Å². The van der Waals surface area contributed by atoms with E-state index in [0.29, 0.717) is 0 Å². The fourth-order valence-corrected chi connectivity index (χ4v) is 3.24. The first kappa shape index (κ1) is 14.9. The van der Waals surface area contributed by atoms with Crippen LogP contribution in [-0.2, 0) is 11.3 Å². The molecule has 108 valence electrons. The van der Waals surface area contributed by atoms with Crippen molar-refractivity contribution < 1.29 is 4.74 Å². The summed E-state index contributed by atoms with van der Waals surface area (Å²) in [5.74, 6) is 0. The fraction of sp³-hybridized carbons (Fsp3) is 0.786. The SMILES string of the molecule is CCCNCc1cnc(C2CN(CCC)CCO2)s1. The molecule has 1 unspecified atom stereocenters. The van der Waals surface area contributed by atoms with Gasteiger partial charge in [-0.05, 0) is 25.9 Å². The van der Waals surface area contributed by atoms with Crippen molar-refractivity contribution in [3.63, 3.8) is 0 Å². The summed E-state index contributed by atoms with van der Waals surface area (Å²) in [6.07, 6.45) is 4.54. The lowest BCUT2D eigenvalue weighted by Gasteiger charge is -2.31. The third-order valence-electron chi connectivity index (χ3n) is 3.26. The van der Waals surface area contributed by atoms with Crippen LogP contribution in [0.15, 0.2) is 6.20 Å². The highest BCUT2D eigenvalue weighted by Crippen LogP contribution is 2.26.